The van der Waals surface area contributed by atoms with Crippen LogP contribution < -0.4 is 10.1 Å². The summed E-state index contributed by atoms with van der Waals surface area (Å²) in [6.07, 6.45) is 6.17. The average Bonchev–Trinajstić information content (AvgIpc) is 2.89. The predicted octanol–water partition coefficient (Wildman–Crippen LogP) is 6.71. The normalized spacial score (nSPS) is 22.5. The Kier molecular flexibility index (Phi) is 7.50. The van der Waals surface area contributed by atoms with Gasteiger partial charge in [-0.05, 0) is 70.4 Å². The van der Waals surface area contributed by atoms with Crippen LogP contribution in [0.2, 0.25) is 0 Å². The number of para-hydroxylation sites is 1. The van der Waals surface area contributed by atoms with Gasteiger partial charge in [0.25, 0.3) is 0 Å². The first-order valence-corrected chi connectivity index (χ1v) is 13.7. The van der Waals surface area contributed by atoms with E-state index < -0.39 is 5.92 Å². The lowest BCUT2D eigenvalue weighted by molar-refractivity contribution is -0.146. The van der Waals surface area contributed by atoms with E-state index in [4.69, 9.17) is 9.47 Å². The van der Waals surface area contributed by atoms with Crippen molar-refractivity contribution in [1.82, 2.24) is 5.32 Å². The Labute approximate surface area is 219 Å². The summed E-state index contributed by atoms with van der Waals surface area (Å²) in [6.45, 7) is 5.90. The Bertz CT molecular complexity index is 1220. The van der Waals surface area contributed by atoms with Gasteiger partial charge in [0.05, 0.1) is 17.6 Å². The number of esters is 1. The van der Waals surface area contributed by atoms with E-state index in [0.29, 0.717) is 23.3 Å². The Balaban J connectivity index is 1.57. The van der Waals surface area contributed by atoms with Crippen molar-refractivity contribution >= 4 is 11.8 Å². The van der Waals surface area contributed by atoms with E-state index >= 15 is 0 Å². The second-order valence-corrected chi connectivity index (χ2v) is 10.8. The first-order chi connectivity index (χ1) is 17.9. The highest BCUT2D eigenvalue weighted by molar-refractivity contribution is 6.04. The summed E-state index contributed by atoms with van der Waals surface area (Å²) < 4.78 is 12.3. The van der Waals surface area contributed by atoms with Crippen molar-refractivity contribution < 1.29 is 19.1 Å². The molecule has 2 atom stereocenters. The van der Waals surface area contributed by atoms with Crippen molar-refractivity contribution in [3.05, 3.63) is 88.3 Å². The number of benzene rings is 2. The molecule has 0 amide bonds. The van der Waals surface area contributed by atoms with Crippen LogP contribution in [-0.2, 0) is 14.3 Å². The summed E-state index contributed by atoms with van der Waals surface area (Å²) in [5, 5.41) is 3.47. The van der Waals surface area contributed by atoms with Crippen LogP contribution in [-0.4, -0.2) is 24.0 Å². The molecule has 2 unspecified atom stereocenters. The number of allylic oxidation sites excluding steroid dienone is 3. The van der Waals surface area contributed by atoms with Gasteiger partial charge in [0.1, 0.15) is 11.9 Å². The molecule has 0 radical (unpaired) electrons. The Hall–Kier alpha value is -3.34. The maximum absolute atomic E-state index is 13.9. The molecule has 194 valence electrons. The average molecular weight is 500 g/mol. The summed E-state index contributed by atoms with van der Waals surface area (Å²) in [7, 11) is 0. The number of nitrogens with one attached hydrogen (secondary N) is 1. The lowest BCUT2D eigenvalue weighted by Crippen LogP contribution is -2.37. The number of hydrogen-bond acceptors (Lipinski definition) is 5. The molecule has 5 heteroatoms. The van der Waals surface area contributed by atoms with Crippen LogP contribution in [0.1, 0.15) is 88.7 Å². The van der Waals surface area contributed by atoms with Crippen LogP contribution in [0.15, 0.2) is 77.1 Å². The molecule has 2 aliphatic carbocycles. The Morgan fingerprint density at radius 1 is 0.946 bits per heavy atom. The molecule has 0 aromatic heterocycles. The zero-order valence-corrected chi connectivity index (χ0v) is 22.1. The number of rotatable bonds is 6. The van der Waals surface area contributed by atoms with Gasteiger partial charge in [-0.15, -0.1) is 0 Å². The maximum Gasteiger partial charge on any atom is 0.337 e. The van der Waals surface area contributed by atoms with Gasteiger partial charge < -0.3 is 14.8 Å². The third-order valence-electron chi connectivity index (χ3n) is 7.74. The molecule has 1 saturated carbocycles. The molecule has 3 aliphatic rings. The fourth-order valence-corrected chi connectivity index (χ4v) is 6.06. The van der Waals surface area contributed by atoms with E-state index in [1.807, 2.05) is 63.2 Å². The molecule has 1 aliphatic heterocycles. The lowest BCUT2D eigenvalue weighted by atomic mass is 9.71. The lowest BCUT2D eigenvalue weighted by Gasteiger charge is -2.37. The number of ketones is 1. The summed E-state index contributed by atoms with van der Waals surface area (Å²) in [5.74, 6) is 0.0241. The summed E-state index contributed by atoms with van der Waals surface area (Å²) >= 11 is 0. The first kappa shape index (κ1) is 25.3. The largest absolute Gasteiger partial charge is 0.491 e. The molecule has 2 aromatic rings. The predicted molar refractivity (Wildman–Crippen MR) is 144 cm³/mol. The SMILES string of the molecule is CC1=C(C(=O)OC2CCCCC2)C(c2ccccc2OC(C)C)C2=C(CC(c3ccccc3)CC2=O)N1. The van der Waals surface area contributed by atoms with E-state index in [2.05, 4.69) is 17.4 Å². The van der Waals surface area contributed by atoms with Crippen molar-refractivity contribution in [1.29, 1.82) is 0 Å². The minimum Gasteiger partial charge on any atom is -0.491 e. The van der Waals surface area contributed by atoms with E-state index in [1.54, 1.807) is 0 Å². The van der Waals surface area contributed by atoms with Crippen LogP contribution in [0.4, 0.5) is 0 Å². The van der Waals surface area contributed by atoms with Gasteiger partial charge in [0.2, 0.25) is 0 Å². The molecule has 0 bridgehead atoms. The standard InChI is InChI=1S/C32H37NO4/c1-20(2)36-28-17-11-10-16-25(28)30-29(32(35)37-24-14-8-5-9-15-24)21(3)33-26-18-23(19-27(34)31(26)30)22-12-6-4-7-13-22/h4,6-7,10-13,16-17,20,23-24,30,33H,5,8-9,14-15,18-19H2,1-3H3. The molecule has 1 fully saturated rings. The van der Waals surface area contributed by atoms with Gasteiger partial charge in [0, 0.05) is 29.0 Å². The molecule has 37 heavy (non-hydrogen) atoms. The second kappa shape index (κ2) is 11.0. The van der Waals surface area contributed by atoms with Crippen molar-refractivity contribution in [3.8, 4) is 5.75 Å². The number of dihydropyridines is 1. The highest BCUT2D eigenvalue weighted by Crippen LogP contribution is 2.48. The number of hydrogen-bond donors (Lipinski definition) is 1. The molecule has 1 heterocycles. The highest BCUT2D eigenvalue weighted by atomic mass is 16.5. The fourth-order valence-electron chi connectivity index (χ4n) is 6.06. The van der Waals surface area contributed by atoms with Crippen molar-refractivity contribution in [2.24, 2.45) is 0 Å². The van der Waals surface area contributed by atoms with E-state index in [1.165, 1.54) is 6.42 Å². The zero-order valence-electron chi connectivity index (χ0n) is 22.1. The third-order valence-corrected chi connectivity index (χ3v) is 7.74. The number of carbonyl (C=O) groups excluding carboxylic acids is 2. The monoisotopic (exact) mass is 499 g/mol. The maximum atomic E-state index is 13.9. The first-order valence-electron chi connectivity index (χ1n) is 13.7. The van der Waals surface area contributed by atoms with Gasteiger partial charge in [-0.3, -0.25) is 4.79 Å². The second-order valence-electron chi connectivity index (χ2n) is 10.8. The van der Waals surface area contributed by atoms with E-state index in [9.17, 15) is 9.59 Å². The molecular formula is C32H37NO4. The fraction of sp³-hybridized carbons (Fsp3) is 0.438. The molecular weight excluding hydrogens is 462 g/mol. The van der Waals surface area contributed by atoms with Crippen LogP contribution in [0.5, 0.6) is 5.75 Å². The molecule has 0 spiro atoms. The molecule has 1 N–H and O–H groups in total. The zero-order chi connectivity index (χ0) is 25.9. The minimum atomic E-state index is -0.522. The Morgan fingerprint density at radius 3 is 2.38 bits per heavy atom. The van der Waals surface area contributed by atoms with Crippen LogP contribution in [0, 0.1) is 0 Å². The van der Waals surface area contributed by atoms with E-state index in [0.717, 1.165) is 54.6 Å². The smallest absolute Gasteiger partial charge is 0.337 e. The Morgan fingerprint density at radius 2 is 1.65 bits per heavy atom. The van der Waals surface area contributed by atoms with Gasteiger partial charge in [-0.25, -0.2) is 4.79 Å². The van der Waals surface area contributed by atoms with Gasteiger partial charge in [0.15, 0.2) is 5.78 Å². The molecule has 2 aromatic carbocycles. The van der Waals surface area contributed by atoms with Gasteiger partial charge >= 0.3 is 5.97 Å². The van der Waals surface area contributed by atoms with Crippen molar-refractivity contribution in [3.63, 3.8) is 0 Å². The summed E-state index contributed by atoms with van der Waals surface area (Å²) in [6, 6.07) is 18.0. The number of ether oxygens (including phenoxy) is 2. The molecule has 5 rings (SSSR count). The van der Waals surface area contributed by atoms with Crippen LogP contribution in [0.3, 0.4) is 0 Å². The van der Waals surface area contributed by atoms with E-state index in [-0.39, 0.29) is 29.9 Å². The number of Topliss-reactive ketones (excluding diaryl/α,β-unsaturated/α-hetero) is 1. The summed E-state index contributed by atoms with van der Waals surface area (Å²) in [4.78, 5) is 27.6. The third kappa shape index (κ3) is 5.36. The van der Waals surface area contributed by atoms with Crippen LogP contribution >= 0.6 is 0 Å². The molecule has 5 nitrogen and oxygen atoms in total. The van der Waals surface area contributed by atoms with Crippen molar-refractivity contribution in [2.75, 3.05) is 0 Å². The van der Waals surface area contributed by atoms with Crippen LogP contribution in [0.25, 0.3) is 0 Å². The highest BCUT2D eigenvalue weighted by Gasteiger charge is 2.43. The number of carbonyl (C=O) groups is 2. The minimum absolute atomic E-state index is 0.0384. The summed E-state index contributed by atoms with van der Waals surface area (Å²) in [5.41, 5.74) is 4.86. The quantitative estimate of drug-likeness (QED) is 0.448. The van der Waals surface area contributed by atoms with Gasteiger partial charge in [-0.2, -0.15) is 0 Å². The topological polar surface area (TPSA) is 64.6 Å². The molecule has 0 saturated heterocycles. The van der Waals surface area contributed by atoms with Gasteiger partial charge in [-0.1, -0.05) is 55.0 Å². The van der Waals surface area contributed by atoms with Crippen molar-refractivity contribution in [2.45, 2.75) is 89.8 Å².